The van der Waals surface area contributed by atoms with Gasteiger partial charge in [-0.05, 0) is 93.9 Å². The topological polar surface area (TPSA) is 61.3 Å². The lowest BCUT2D eigenvalue weighted by molar-refractivity contribution is 0.436. The largest absolute Gasteiger partial charge is 0.457 e. The van der Waals surface area contributed by atoms with Crippen molar-refractivity contribution in [2.24, 2.45) is 0 Å². The summed E-state index contributed by atoms with van der Waals surface area (Å²) < 4.78 is 85.5. The first-order valence-electron chi connectivity index (χ1n) is 20.1. The second-order valence-corrected chi connectivity index (χ2v) is 12.3. The van der Waals surface area contributed by atoms with Crippen molar-refractivity contribution in [3.8, 4) is 56.7 Å². The van der Waals surface area contributed by atoms with Gasteiger partial charge in [0.2, 0.25) is 11.8 Å². The number of nitrogens with zero attached hydrogens (tertiary/aromatic N) is 2. The summed E-state index contributed by atoms with van der Waals surface area (Å²) in [5.74, 6) is 1.58. The van der Waals surface area contributed by atoms with Crippen LogP contribution in [0.4, 0.5) is 0 Å². The molecule has 2 aliphatic rings. The van der Waals surface area contributed by atoms with E-state index in [9.17, 15) is 0 Å². The maximum Gasteiger partial charge on any atom is 0.227 e. The summed E-state index contributed by atoms with van der Waals surface area (Å²) >= 11 is 0. The molecule has 0 radical (unpaired) electrons. The van der Waals surface area contributed by atoms with E-state index in [-0.39, 0.29) is 58.2 Å². The highest BCUT2D eigenvalue weighted by Gasteiger charge is 2.51. The number of fused-ring (bicyclic) bond motifs is 11. The third-order valence-electron chi connectivity index (χ3n) is 9.70. The number of hydrogen-bond donors (Lipinski definition) is 0. The summed E-state index contributed by atoms with van der Waals surface area (Å²) in [4.78, 5) is 9.12. The van der Waals surface area contributed by atoms with Crippen LogP contribution in [0.5, 0.6) is 11.5 Å². The minimum absolute atomic E-state index is 0.0208. The van der Waals surface area contributed by atoms with Gasteiger partial charge in [0.25, 0.3) is 0 Å². The van der Waals surface area contributed by atoms with Crippen molar-refractivity contribution in [1.82, 2.24) is 9.97 Å². The Labute approximate surface area is 298 Å². The molecular formula is C45H26N2O3. The molecule has 50 heavy (non-hydrogen) atoms. The minimum atomic E-state index is -0.734. The average molecular weight is 651 g/mol. The van der Waals surface area contributed by atoms with Crippen molar-refractivity contribution in [3.63, 3.8) is 0 Å². The zero-order valence-electron chi connectivity index (χ0n) is 34.0. The van der Waals surface area contributed by atoms with Crippen LogP contribution in [0, 0.1) is 0 Å². The second kappa shape index (κ2) is 10.1. The molecule has 0 unspecified atom stereocenters. The molecule has 5 nitrogen and oxygen atoms in total. The van der Waals surface area contributed by atoms with Crippen LogP contribution < -0.4 is 4.74 Å². The van der Waals surface area contributed by atoms with Crippen molar-refractivity contribution < 1.29 is 24.5 Å². The molecule has 7 aromatic carbocycles. The van der Waals surface area contributed by atoms with Gasteiger partial charge in [-0.15, -0.1) is 0 Å². The summed E-state index contributed by atoms with van der Waals surface area (Å²) in [6.45, 7) is 0. The molecule has 0 fully saturated rings. The summed E-state index contributed by atoms with van der Waals surface area (Å²) in [6.07, 6.45) is 0. The van der Waals surface area contributed by atoms with E-state index in [1.165, 1.54) is 0 Å². The lowest BCUT2D eigenvalue weighted by atomic mass is 9.66. The highest BCUT2D eigenvalue weighted by atomic mass is 16.5. The number of oxazole rings is 2. The lowest BCUT2D eigenvalue weighted by Gasteiger charge is -2.39. The van der Waals surface area contributed by atoms with Crippen LogP contribution in [0.1, 0.15) is 33.2 Å². The predicted molar refractivity (Wildman–Crippen MR) is 195 cm³/mol. The van der Waals surface area contributed by atoms with Gasteiger partial charge >= 0.3 is 0 Å². The monoisotopic (exact) mass is 650 g/mol. The zero-order chi connectivity index (χ0) is 39.8. The fourth-order valence-corrected chi connectivity index (χ4v) is 7.66. The van der Waals surface area contributed by atoms with Gasteiger partial charge < -0.3 is 13.6 Å². The van der Waals surface area contributed by atoms with E-state index in [0.29, 0.717) is 16.7 Å². The highest BCUT2D eigenvalue weighted by molar-refractivity contribution is 5.91. The minimum Gasteiger partial charge on any atom is -0.457 e. The molecule has 0 saturated carbocycles. The van der Waals surface area contributed by atoms with Crippen LogP contribution in [0.15, 0.2) is 166 Å². The average Bonchev–Trinajstić information content (AvgIpc) is 3.98. The van der Waals surface area contributed by atoms with Gasteiger partial charge in [0.15, 0.2) is 11.2 Å². The molecule has 9 aromatic rings. The van der Waals surface area contributed by atoms with Gasteiger partial charge in [0.05, 0.1) is 16.4 Å². The number of aromatic nitrogens is 2. The Balaban J connectivity index is 1.18. The van der Waals surface area contributed by atoms with Crippen LogP contribution in [0.3, 0.4) is 0 Å². The molecule has 1 spiro atoms. The molecule has 11 rings (SSSR count). The molecule has 234 valence electrons. The third-order valence-corrected chi connectivity index (χ3v) is 9.70. The molecule has 0 saturated heterocycles. The molecule has 0 bridgehead atoms. The molecule has 3 heterocycles. The van der Waals surface area contributed by atoms with Crippen molar-refractivity contribution in [1.29, 1.82) is 0 Å². The van der Waals surface area contributed by atoms with E-state index >= 15 is 0 Å². The second-order valence-electron chi connectivity index (χ2n) is 12.3. The first-order chi connectivity index (χ1) is 28.1. The number of ether oxygens (including phenoxy) is 1. The van der Waals surface area contributed by atoms with Crippen LogP contribution in [0.25, 0.3) is 67.4 Å². The smallest absolute Gasteiger partial charge is 0.227 e. The van der Waals surface area contributed by atoms with E-state index in [1.54, 1.807) is 6.07 Å². The Morgan fingerprint density at radius 3 is 1.62 bits per heavy atom. The van der Waals surface area contributed by atoms with Gasteiger partial charge in [0.1, 0.15) is 22.5 Å². The van der Waals surface area contributed by atoms with E-state index in [1.807, 2.05) is 60.7 Å². The number of benzene rings is 7. The molecule has 1 aliphatic heterocycles. The Hall–Kier alpha value is -6.72. The standard InChI is InChI=1S/C45H26N2O3/c1-2-12-33-31(11-1)32-22-21-27(26-36(32)45(33)34-13-3-7-17-39(34)48-40-18-8-4-14-35(40)45)28-23-29(43-46-37-15-5-9-19-41(37)49-43)25-30(24-28)44-47-38-16-6-10-20-42(38)50-44/h1-26H/i5D,6D,9D,10D,15D,16D,19D,20D. The first kappa shape index (κ1) is 20.6. The predicted octanol–water partition coefficient (Wildman–Crippen LogP) is 11.4. The molecule has 0 atom stereocenters. The molecule has 0 amide bonds. The van der Waals surface area contributed by atoms with Crippen LogP contribution in [-0.4, -0.2) is 9.97 Å². The van der Waals surface area contributed by atoms with Crippen LogP contribution in [0.2, 0.25) is 0 Å². The van der Waals surface area contributed by atoms with Gasteiger partial charge in [-0.25, -0.2) is 9.97 Å². The van der Waals surface area contributed by atoms with E-state index in [4.69, 9.17) is 24.5 Å². The Bertz CT molecular complexity index is 3030. The molecule has 5 heteroatoms. The maximum absolute atomic E-state index is 8.50. The highest BCUT2D eigenvalue weighted by Crippen LogP contribution is 2.62. The van der Waals surface area contributed by atoms with Crippen molar-refractivity contribution in [2.75, 3.05) is 0 Å². The molecule has 2 aromatic heterocycles. The molecule has 1 aliphatic carbocycles. The van der Waals surface area contributed by atoms with Crippen LogP contribution >= 0.6 is 0 Å². The summed E-state index contributed by atoms with van der Waals surface area (Å²) in [7, 11) is 0. The first-order valence-corrected chi connectivity index (χ1v) is 16.1. The van der Waals surface area contributed by atoms with Crippen LogP contribution in [-0.2, 0) is 5.41 Å². The zero-order valence-corrected chi connectivity index (χ0v) is 26.0. The SMILES string of the molecule is [2H]c1c([2H])c([2H])c2oc(-c3cc(-c4ccc5c(c4)C4(c6ccccc6Oc6ccccc64)c4ccccc4-5)cc(-c4nc5c([2H])c([2H])c([2H])c([2H])c5o4)c3)nc2c1[2H]. The van der Waals surface area contributed by atoms with E-state index in [0.717, 1.165) is 50.4 Å². The van der Waals surface area contributed by atoms with Gasteiger partial charge in [0, 0.05) is 22.3 Å². The van der Waals surface area contributed by atoms with Gasteiger partial charge in [-0.2, -0.15) is 0 Å². The van der Waals surface area contributed by atoms with E-state index < -0.39 is 29.6 Å². The normalized spacial score (nSPS) is 15.8. The fraction of sp³-hybridized carbons (Fsp3) is 0.0222. The Morgan fingerprint density at radius 2 is 0.980 bits per heavy atom. The fourth-order valence-electron chi connectivity index (χ4n) is 7.66. The lowest BCUT2D eigenvalue weighted by Crippen LogP contribution is -2.32. The van der Waals surface area contributed by atoms with Crippen molar-refractivity contribution in [3.05, 3.63) is 180 Å². The number of para-hydroxylation sites is 6. The molecule has 0 N–H and O–H groups in total. The quantitative estimate of drug-likeness (QED) is 0.190. The summed E-state index contributed by atoms with van der Waals surface area (Å²) in [5.41, 5.74) is 7.67. The van der Waals surface area contributed by atoms with Gasteiger partial charge in [-0.1, -0.05) is 97.0 Å². The summed E-state index contributed by atoms with van der Waals surface area (Å²) in [5, 5.41) is 0. The molecular weight excluding hydrogens is 617 g/mol. The Kier molecular flexibility index (Phi) is 4.18. The van der Waals surface area contributed by atoms with E-state index in [2.05, 4.69) is 52.4 Å². The van der Waals surface area contributed by atoms with Crippen molar-refractivity contribution >= 4 is 22.2 Å². The number of hydrogen-bond acceptors (Lipinski definition) is 5. The van der Waals surface area contributed by atoms with Gasteiger partial charge in [-0.3, -0.25) is 0 Å². The maximum atomic E-state index is 8.50. The van der Waals surface area contributed by atoms with Crippen molar-refractivity contribution in [2.45, 2.75) is 5.41 Å². The number of rotatable bonds is 3. The Morgan fingerprint density at radius 1 is 0.460 bits per heavy atom. The third kappa shape index (κ3) is 3.77. The summed E-state index contributed by atoms with van der Waals surface area (Å²) in [6, 6.07) is 33.2.